The van der Waals surface area contributed by atoms with E-state index in [1.807, 2.05) is 6.92 Å². The van der Waals surface area contributed by atoms with Gasteiger partial charge in [0.25, 0.3) is 0 Å². The van der Waals surface area contributed by atoms with Gasteiger partial charge in [-0.3, -0.25) is 4.79 Å². The molecule has 1 heterocycles. The quantitative estimate of drug-likeness (QED) is 0.807. The summed E-state index contributed by atoms with van der Waals surface area (Å²) >= 11 is 3.75. The van der Waals surface area contributed by atoms with Gasteiger partial charge in [0, 0.05) is 11.4 Å². The summed E-state index contributed by atoms with van der Waals surface area (Å²) in [7, 11) is 0. The van der Waals surface area contributed by atoms with Gasteiger partial charge in [0.1, 0.15) is 0 Å². The van der Waals surface area contributed by atoms with Gasteiger partial charge in [0.05, 0.1) is 18.1 Å². The molecule has 19 heavy (non-hydrogen) atoms. The zero-order valence-corrected chi connectivity index (χ0v) is 13.8. The Labute approximate surface area is 125 Å². The lowest BCUT2D eigenvalue weighted by Crippen LogP contribution is -2.41. The van der Waals surface area contributed by atoms with Crippen LogP contribution in [0.5, 0.6) is 0 Å². The molecule has 0 spiro atoms. The summed E-state index contributed by atoms with van der Waals surface area (Å²) in [5, 5.41) is 3.16. The molecule has 6 unspecified atom stereocenters. The third-order valence-electron chi connectivity index (χ3n) is 4.90. The average molecular weight is 332 g/mol. The summed E-state index contributed by atoms with van der Waals surface area (Å²) in [4.78, 5) is 12.9. The van der Waals surface area contributed by atoms with E-state index in [4.69, 9.17) is 4.74 Å². The molecule has 0 radical (unpaired) electrons. The van der Waals surface area contributed by atoms with Crippen LogP contribution in [-0.4, -0.2) is 29.5 Å². The Hall–Kier alpha value is -0.0900. The SMILES string of the molecule is CC1OC(C)C(C(=O)NCC2CCCCC2Br)C1C. The molecule has 2 aliphatic rings. The molecule has 1 saturated carbocycles. The number of carbonyl (C=O) groups is 1. The van der Waals surface area contributed by atoms with Crippen LogP contribution in [0.1, 0.15) is 46.5 Å². The van der Waals surface area contributed by atoms with Crippen molar-refractivity contribution in [1.82, 2.24) is 5.32 Å². The predicted octanol–water partition coefficient (Wildman–Crippen LogP) is 3.12. The minimum absolute atomic E-state index is 0.00682. The van der Waals surface area contributed by atoms with Crippen molar-refractivity contribution >= 4 is 21.8 Å². The fourth-order valence-electron chi connectivity index (χ4n) is 3.46. The highest BCUT2D eigenvalue weighted by atomic mass is 79.9. The van der Waals surface area contributed by atoms with Crippen molar-refractivity contribution in [2.24, 2.45) is 17.8 Å². The summed E-state index contributed by atoms with van der Waals surface area (Å²) in [6.07, 6.45) is 5.28. The van der Waals surface area contributed by atoms with Crippen molar-refractivity contribution < 1.29 is 9.53 Å². The largest absolute Gasteiger partial charge is 0.374 e. The van der Waals surface area contributed by atoms with Crippen LogP contribution in [0.3, 0.4) is 0 Å². The molecule has 3 nitrogen and oxygen atoms in total. The summed E-state index contributed by atoms with van der Waals surface area (Å²) in [6, 6.07) is 0. The van der Waals surface area contributed by atoms with E-state index in [1.165, 1.54) is 25.7 Å². The standard InChI is InChI=1S/C15H26BrNO2/c1-9-10(2)19-11(3)14(9)15(18)17-8-12-6-4-5-7-13(12)16/h9-14H,4-8H2,1-3H3,(H,17,18). The molecule has 4 heteroatoms. The van der Waals surface area contributed by atoms with E-state index < -0.39 is 0 Å². The van der Waals surface area contributed by atoms with Gasteiger partial charge in [-0.15, -0.1) is 0 Å². The molecule has 1 aliphatic carbocycles. The van der Waals surface area contributed by atoms with Crippen LogP contribution in [0.15, 0.2) is 0 Å². The van der Waals surface area contributed by atoms with E-state index in [9.17, 15) is 4.79 Å². The second-order valence-corrected chi connectivity index (χ2v) is 7.41. The Balaban J connectivity index is 1.84. The summed E-state index contributed by atoms with van der Waals surface area (Å²) in [5.41, 5.74) is 0. The van der Waals surface area contributed by atoms with Gasteiger partial charge in [-0.2, -0.15) is 0 Å². The van der Waals surface area contributed by atoms with Crippen LogP contribution in [0.2, 0.25) is 0 Å². The van der Waals surface area contributed by atoms with Crippen molar-refractivity contribution in [2.75, 3.05) is 6.54 Å². The second-order valence-electron chi connectivity index (χ2n) is 6.24. The maximum atomic E-state index is 12.4. The Kier molecular flexibility index (Phi) is 5.29. The first-order valence-electron chi connectivity index (χ1n) is 7.58. The highest BCUT2D eigenvalue weighted by molar-refractivity contribution is 9.09. The third-order valence-corrected chi connectivity index (χ3v) is 6.10. The first kappa shape index (κ1) is 15.3. The van der Waals surface area contributed by atoms with Crippen LogP contribution in [-0.2, 0) is 9.53 Å². The van der Waals surface area contributed by atoms with E-state index in [2.05, 4.69) is 35.1 Å². The monoisotopic (exact) mass is 331 g/mol. The summed E-state index contributed by atoms with van der Waals surface area (Å²) < 4.78 is 5.75. The molecule has 1 aliphatic heterocycles. The molecule has 6 atom stereocenters. The lowest BCUT2D eigenvalue weighted by Gasteiger charge is -2.28. The number of carbonyl (C=O) groups excluding carboxylic acids is 1. The fraction of sp³-hybridized carbons (Fsp3) is 0.933. The third kappa shape index (κ3) is 3.52. The van der Waals surface area contributed by atoms with Gasteiger partial charge >= 0.3 is 0 Å². The van der Waals surface area contributed by atoms with E-state index in [0.29, 0.717) is 16.7 Å². The molecule has 0 bridgehead atoms. The second kappa shape index (κ2) is 6.57. The molecule has 1 amide bonds. The lowest BCUT2D eigenvalue weighted by atomic mass is 9.87. The van der Waals surface area contributed by atoms with Crippen molar-refractivity contribution in [1.29, 1.82) is 0 Å². The smallest absolute Gasteiger partial charge is 0.226 e. The Morgan fingerprint density at radius 3 is 2.47 bits per heavy atom. The van der Waals surface area contributed by atoms with Crippen LogP contribution < -0.4 is 5.32 Å². The van der Waals surface area contributed by atoms with Gasteiger partial charge in [-0.05, 0) is 38.5 Å². The first-order valence-corrected chi connectivity index (χ1v) is 8.49. The van der Waals surface area contributed by atoms with Crippen molar-refractivity contribution in [2.45, 2.75) is 63.5 Å². The molecular weight excluding hydrogens is 306 g/mol. The summed E-state index contributed by atoms with van der Waals surface area (Å²) in [6.45, 7) is 6.99. The van der Waals surface area contributed by atoms with Gasteiger partial charge in [-0.1, -0.05) is 35.7 Å². The number of halogens is 1. The first-order chi connectivity index (χ1) is 9.00. The van der Waals surface area contributed by atoms with E-state index >= 15 is 0 Å². The topological polar surface area (TPSA) is 38.3 Å². The van der Waals surface area contributed by atoms with Crippen molar-refractivity contribution in [3.63, 3.8) is 0 Å². The van der Waals surface area contributed by atoms with Crippen molar-refractivity contribution in [3.05, 3.63) is 0 Å². The molecule has 0 aromatic heterocycles. The molecule has 2 rings (SSSR count). The minimum Gasteiger partial charge on any atom is -0.374 e. The molecule has 110 valence electrons. The predicted molar refractivity (Wildman–Crippen MR) is 80.3 cm³/mol. The zero-order chi connectivity index (χ0) is 14.0. The lowest BCUT2D eigenvalue weighted by molar-refractivity contribution is -0.127. The number of alkyl halides is 1. The van der Waals surface area contributed by atoms with Crippen LogP contribution >= 0.6 is 15.9 Å². The fourth-order valence-corrected chi connectivity index (χ4v) is 4.24. The average Bonchev–Trinajstić information content (AvgIpc) is 2.62. The van der Waals surface area contributed by atoms with Gasteiger partial charge in [0.15, 0.2) is 0 Å². The van der Waals surface area contributed by atoms with Crippen LogP contribution in [0, 0.1) is 17.8 Å². The van der Waals surface area contributed by atoms with Crippen LogP contribution in [0.4, 0.5) is 0 Å². The Morgan fingerprint density at radius 2 is 1.89 bits per heavy atom. The maximum Gasteiger partial charge on any atom is 0.226 e. The van der Waals surface area contributed by atoms with Gasteiger partial charge < -0.3 is 10.1 Å². The zero-order valence-electron chi connectivity index (χ0n) is 12.2. The number of amides is 1. The molecule has 1 saturated heterocycles. The summed E-state index contributed by atoms with van der Waals surface area (Å²) in [5.74, 6) is 1.08. The molecule has 0 aromatic rings. The number of ether oxygens (including phenoxy) is 1. The Morgan fingerprint density at radius 1 is 1.21 bits per heavy atom. The maximum absolute atomic E-state index is 12.4. The molecule has 1 N–H and O–H groups in total. The van der Waals surface area contributed by atoms with Crippen molar-refractivity contribution in [3.8, 4) is 0 Å². The van der Waals surface area contributed by atoms with Crippen LogP contribution in [0.25, 0.3) is 0 Å². The normalized spacial score (nSPS) is 43.2. The van der Waals surface area contributed by atoms with Gasteiger partial charge in [0.2, 0.25) is 5.91 Å². The number of hydrogen-bond donors (Lipinski definition) is 1. The van der Waals surface area contributed by atoms with E-state index in [1.54, 1.807) is 0 Å². The molecule has 0 aromatic carbocycles. The highest BCUT2D eigenvalue weighted by Crippen LogP contribution is 2.33. The highest BCUT2D eigenvalue weighted by Gasteiger charge is 2.41. The van der Waals surface area contributed by atoms with E-state index in [-0.39, 0.29) is 24.0 Å². The molecular formula is C15H26BrNO2. The number of nitrogens with one attached hydrogen (secondary N) is 1. The minimum atomic E-state index is 0.00682. The number of rotatable bonds is 3. The Bertz CT molecular complexity index is 323. The van der Waals surface area contributed by atoms with Gasteiger partial charge in [-0.25, -0.2) is 0 Å². The molecule has 2 fully saturated rings. The number of hydrogen-bond acceptors (Lipinski definition) is 2. The van der Waals surface area contributed by atoms with E-state index in [0.717, 1.165) is 6.54 Å².